The zero-order chi connectivity index (χ0) is 19.7. The molecule has 7 nitrogen and oxygen atoms in total. The van der Waals surface area contributed by atoms with Crippen LogP contribution < -0.4 is 10.2 Å². The summed E-state index contributed by atoms with van der Waals surface area (Å²) in [6.07, 6.45) is 0.849. The van der Waals surface area contributed by atoms with Gasteiger partial charge in [0.15, 0.2) is 0 Å². The van der Waals surface area contributed by atoms with E-state index in [1.165, 1.54) is 0 Å². The lowest BCUT2D eigenvalue weighted by Crippen LogP contribution is -2.44. The number of fused-ring (bicyclic) bond motifs is 2. The number of aromatic nitrogens is 2. The van der Waals surface area contributed by atoms with Gasteiger partial charge in [-0.15, -0.1) is 0 Å². The van der Waals surface area contributed by atoms with Gasteiger partial charge in [-0.3, -0.25) is 0 Å². The van der Waals surface area contributed by atoms with Crippen molar-refractivity contribution >= 4 is 12.0 Å². The van der Waals surface area contributed by atoms with Crippen molar-refractivity contribution in [2.45, 2.75) is 31.9 Å². The average Bonchev–Trinajstić information content (AvgIpc) is 3.12. The Morgan fingerprint density at radius 2 is 2.07 bits per heavy atom. The van der Waals surface area contributed by atoms with Crippen molar-refractivity contribution in [2.75, 3.05) is 38.7 Å². The Hall–Kier alpha value is -2.67. The standard InChI is InChI=1S/C21H27N5O2/c1-15-17-12-28-14-21(18(17)24-19(23-15)25(2)3)9-10-26(13-21)20(27)22-11-16-7-5-4-6-8-16/h4-8H,9-14H2,1-3H3,(H,22,27). The second-order valence-corrected chi connectivity index (χ2v) is 7.92. The molecule has 0 bridgehead atoms. The van der Waals surface area contributed by atoms with E-state index in [9.17, 15) is 4.79 Å². The number of anilines is 1. The molecule has 1 N–H and O–H groups in total. The van der Waals surface area contributed by atoms with Gasteiger partial charge in [0.1, 0.15) is 0 Å². The fraction of sp³-hybridized carbons (Fsp3) is 0.476. The minimum absolute atomic E-state index is 0.0357. The van der Waals surface area contributed by atoms with Crippen LogP contribution >= 0.6 is 0 Å². The van der Waals surface area contributed by atoms with E-state index in [2.05, 4.69) is 10.3 Å². The van der Waals surface area contributed by atoms with Gasteiger partial charge in [-0.05, 0) is 18.9 Å². The summed E-state index contributed by atoms with van der Waals surface area (Å²) in [5, 5.41) is 3.03. The predicted molar refractivity (Wildman–Crippen MR) is 107 cm³/mol. The summed E-state index contributed by atoms with van der Waals surface area (Å²) in [5.74, 6) is 0.713. The number of ether oxygens (including phenoxy) is 1. The average molecular weight is 381 g/mol. The van der Waals surface area contributed by atoms with Gasteiger partial charge in [0.25, 0.3) is 0 Å². The molecule has 4 rings (SSSR count). The summed E-state index contributed by atoms with van der Waals surface area (Å²) in [7, 11) is 3.90. The predicted octanol–water partition coefficient (Wildman–Crippen LogP) is 2.23. The lowest BCUT2D eigenvalue weighted by molar-refractivity contribution is 0.0514. The molecule has 2 aromatic rings. The summed E-state index contributed by atoms with van der Waals surface area (Å²) in [5.41, 5.74) is 3.92. The Morgan fingerprint density at radius 3 is 2.82 bits per heavy atom. The smallest absolute Gasteiger partial charge is 0.317 e. The zero-order valence-corrected chi connectivity index (χ0v) is 16.7. The van der Waals surface area contributed by atoms with Gasteiger partial charge in [-0.25, -0.2) is 14.8 Å². The van der Waals surface area contributed by atoms with Gasteiger partial charge in [0.05, 0.1) is 24.3 Å². The summed E-state index contributed by atoms with van der Waals surface area (Å²) in [6, 6.07) is 9.92. The van der Waals surface area contributed by atoms with Crippen molar-refractivity contribution in [1.29, 1.82) is 0 Å². The number of likely N-dealkylation sites (tertiary alicyclic amines) is 1. The number of aryl methyl sites for hydroxylation is 1. The Bertz CT molecular complexity index is 871. The Balaban J connectivity index is 1.52. The van der Waals surface area contributed by atoms with E-state index >= 15 is 0 Å². The van der Waals surface area contributed by atoms with E-state index in [-0.39, 0.29) is 11.4 Å². The van der Waals surface area contributed by atoms with Gasteiger partial charge >= 0.3 is 6.03 Å². The fourth-order valence-corrected chi connectivity index (χ4v) is 4.05. The maximum atomic E-state index is 12.7. The van der Waals surface area contributed by atoms with Crippen molar-refractivity contribution in [2.24, 2.45) is 0 Å². The topological polar surface area (TPSA) is 70.6 Å². The first-order valence-corrected chi connectivity index (χ1v) is 9.68. The van der Waals surface area contributed by atoms with Crippen molar-refractivity contribution < 1.29 is 9.53 Å². The largest absolute Gasteiger partial charge is 0.376 e. The van der Waals surface area contributed by atoms with E-state index in [4.69, 9.17) is 9.72 Å². The summed E-state index contributed by atoms with van der Waals surface area (Å²) < 4.78 is 5.92. The van der Waals surface area contributed by atoms with Crippen molar-refractivity contribution in [3.8, 4) is 0 Å². The third-order valence-corrected chi connectivity index (χ3v) is 5.66. The molecule has 1 unspecified atom stereocenters. The molecular formula is C21H27N5O2. The quantitative estimate of drug-likeness (QED) is 0.883. The van der Waals surface area contributed by atoms with Gasteiger partial charge in [0, 0.05) is 45.0 Å². The second-order valence-electron chi connectivity index (χ2n) is 7.92. The third kappa shape index (κ3) is 3.42. The molecule has 0 radical (unpaired) electrons. The van der Waals surface area contributed by atoms with Gasteiger partial charge in [0.2, 0.25) is 5.95 Å². The number of urea groups is 1. The number of nitrogens with one attached hydrogen (secondary N) is 1. The first-order chi connectivity index (χ1) is 13.5. The van der Waals surface area contributed by atoms with Crippen LogP contribution in [-0.2, 0) is 23.3 Å². The third-order valence-electron chi connectivity index (χ3n) is 5.66. The monoisotopic (exact) mass is 381 g/mol. The molecule has 3 heterocycles. The van der Waals surface area contributed by atoms with Crippen LogP contribution in [-0.4, -0.2) is 54.7 Å². The zero-order valence-electron chi connectivity index (χ0n) is 16.7. The second kappa shape index (κ2) is 7.39. The van der Waals surface area contributed by atoms with Crippen molar-refractivity contribution in [1.82, 2.24) is 20.2 Å². The first-order valence-electron chi connectivity index (χ1n) is 9.68. The minimum atomic E-state index is -0.254. The number of hydrogen-bond donors (Lipinski definition) is 1. The molecule has 28 heavy (non-hydrogen) atoms. The number of amides is 2. The molecule has 2 amide bonds. The highest BCUT2D eigenvalue weighted by molar-refractivity contribution is 5.75. The molecule has 0 saturated carbocycles. The van der Waals surface area contributed by atoms with E-state index in [0.717, 1.165) is 28.9 Å². The minimum Gasteiger partial charge on any atom is -0.376 e. The normalized spacial score (nSPS) is 20.9. The number of rotatable bonds is 3. The molecule has 1 saturated heterocycles. The van der Waals surface area contributed by atoms with Crippen LogP contribution in [0, 0.1) is 6.92 Å². The molecule has 1 fully saturated rings. The van der Waals surface area contributed by atoms with Crippen LogP contribution in [0.1, 0.15) is 28.9 Å². The molecular weight excluding hydrogens is 354 g/mol. The maximum absolute atomic E-state index is 12.7. The van der Waals surface area contributed by atoms with E-state index in [1.807, 2.05) is 61.2 Å². The van der Waals surface area contributed by atoms with E-state index in [0.29, 0.717) is 38.8 Å². The van der Waals surface area contributed by atoms with Crippen molar-refractivity contribution in [3.63, 3.8) is 0 Å². The van der Waals surface area contributed by atoms with Crippen LogP contribution in [0.2, 0.25) is 0 Å². The van der Waals surface area contributed by atoms with E-state index < -0.39 is 0 Å². The SMILES string of the molecule is Cc1nc(N(C)C)nc2c1COCC21CCN(C(=O)NCc2ccccc2)C1. The van der Waals surface area contributed by atoms with Crippen LogP contribution in [0.25, 0.3) is 0 Å². The molecule has 2 aliphatic heterocycles. The van der Waals surface area contributed by atoms with Gasteiger partial charge < -0.3 is 19.9 Å². The molecule has 1 aromatic heterocycles. The molecule has 148 valence electrons. The highest BCUT2D eigenvalue weighted by Gasteiger charge is 2.46. The van der Waals surface area contributed by atoms with Gasteiger partial charge in [-0.2, -0.15) is 0 Å². The Kier molecular flexibility index (Phi) is 4.93. The lowest BCUT2D eigenvalue weighted by atomic mass is 9.80. The molecule has 1 spiro atoms. The fourth-order valence-electron chi connectivity index (χ4n) is 4.05. The maximum Gasteiger partial charge on any atom is 0.317 e. The van der Waals surface area contributed by atoms with Crippen molar-refractivity contribution in [3.05, 3.63) is 52.8 Å². The summed E-state index contributed by atoms with van der Waals surface area (Å²) >= 11 is 0. The molecule has 2 aliphatic rings. The summed E-state index contributed by atoms with van der Waals surface area (Å²) in [6.45, 7) is 4.98. The van der Waals surface area contributed by atoms with E-state index in [1.54, 1.807) is 0 Å². The van der Waals surface area contributed by atoms with Crippen LogP contribution in [0.5, 0.6) is 0 Å². The molecule has 1 atom stereocenters. The van der Waals surface area contributed by atoms with Gasteiger partial charge in [-0.1, -0.05) is 30.3 Å². The number of carbonyl (C=O) groups is 1. The molecule has 1 aromatic carbocycles. The number of nitrogens with zero attached hydrogens (tertiary/aromatic N) is 4. The van der Waals surface area contributed by atoms with Crippen LogP contribution in [0.4, 0.5) is 10.7 Å². The van der Waals surface area contributed by atoms with Crippen LogP contribution in [0.3, 0.4) is 0 Å². The highest BCUT2D eigenvalue weighted by Crippen LogP contribution is 2.40. The molecule has 0 aliphatic carbocycles. The number of carbonyl (C=O) groups excluding carboxylic acids is 1. The Morgan fingerprint density at radius 1 is 1.29 bits per heavy atom. The van der Waals surface area contributed by atoms with Crippen LogP contribution in [0.15, 0.2) is 30.3 Å². The molecule has 7 heteroatoms. The number of hydrogen-bond acceptors (Lipinski definition) is 5. The Labute approximate surface area is 165 Å². The first kappa shape index (κ1) is 18.7. The number of benzene rings is 1. The highest BCUT2D eigenvalue weighted by atomic mass is 16.5. The summed E-state index contributed by atoms with van der Waals surface area (Å²) in [4.78, 5) is 26.0. The lowest BCUT2D eigenvalue weighted by Gasteiger charge is -2.35.